The minimum absolute atomic E-state index is 0.183. The standard InChI is InChI=1S/C18H14ClF3OS2Se/c1-24-17(25-2)16(15(23)11-6-8-13(19)9-7-11)26-14-5-3-4-12(10-14)18(20,21)22/h3-10H,1-2H3. The van der Waals surface area contributed by atoms with Crippen LogP contribution in [0.15, 0.2) is 57.2 Å². The van der Waals surface area contributed by atoms with Crippen molar-refractivity contribution < 1.29 is 18.0 Å². The first-order valence-electron chi connectivity index (χ1n) is 7.24. The van der Waals surface area contributed by atoms with Gasteiger partial charge in [-0.1, -0.05) is 0 Å². The van der Waals surface area contributed by atoms with E-state index >= 15 is 0 Å². The molecule has 0 fully saturated rings. The van der Waals surface area contributed by atoms with Crippen molar-refractivity contribution in [1.29, 1.82) is 0 Å². The van der Waals surface area contributed by atoms with Crippen molar-refractivity contribution in [1.82, 2.24) is 0 Å². The minimum atomic E-state index is -4.40. The number of thioether (sulfide) groups is 2. The van der Waals surface area contributed by atoms with Gasteiger partial charge in [0.15, 0.2) is 0 Å². The molecule has 0 unspecified atom stereocenters. The number of allylic oxidation sites excluding steroid dienone is 1. The topological polar surface area (TPSA) is 17.1 Å². The van der Waals surface area contributed by atoms with Crippen LogP contribution in [0.25, 0.3) is 0 Å². The van der Waals surface area contributed by atoms with Crippen LogP contribution in [0, 0.1) is 0 Å². The van der Waals surface area contributed by atoms with E-state index in [-0.39, 0.29) is 5.78 Å². The molecule has 0 N–H and O–H groups in total. The second-order valence-corrected chi connectivity index (χ2v) is 9.59. The molecular formula is C18H14ClF3OS2Se. The normalized spacial score (nSPS) is 11.3. The van der Waals surface area contributed by atoms with Gasteiger partial charge in [-0.3, -0.25) is 0 Å². The maximum atomic E-state index is 13.0. The average molecular weight is 482 g/mol. The van der Waals surface area contributed by atoms with Crippen LogP contribution < -0.4 is 4.46 Å². The molecule has 0 aliphatic carbocycles. The molecule has 2 aromatic rings. The molecule has 2 rings (SSSR count). The summed E-state index contributed by atoms with van der Waals surface area (Å²) in [6, 6.07) is 11.7. The van der Waals surface area contributed by atoms with E-state index < -0.39 is 26.7 Å². The number of hydrogen-bond donors (Lipinski definition) is 0. The Balaban J connectivity index is 2.43. The molecule has 138 valence electrons. The van der Waals surface area contributed by atoms with E-state index in [2.05, 4.69) is 0 Å². The summed E-state index contributed by atoms with van der Waals surface area (Å²) in [4.78, 5) is 13.0. The summed E-state index contributed by atoms with van der Waals surface area (Å²) in [5.74, 6) is -0.183. The zero-order valence-electron chi connectivity index (χ0n) is 13.8. The number of rotatable bonds is 6. The third-order valence-electron chi connectivity index (χ3n) is 3.25. The van der Waals surface area contributed by atoms with E-state index in [4.69, 9.17) is 11.6 Å². The number of alkyl halides is 3. The van der Waals surface area contributed by atoms with Gasteiger partial charge in [0, 0.05) is 0 Å². The monoisotopic (exact) mass is 482 g/mol. The number of ketones is 1. The maximum absolute atomic E-state index is 13.0. The summed E-state index contributed by atoms with van der Waals surface area (Å²) in [5.41, 5.74) is -0.233. The van der Waals surface area contributed by atoms with Gasteiger partial charge in [0.2, 0.25) is 0 Å². The fourth-order valence-corrected chi connectivity index (χ4v) is 6.68. The van der Waals surface area contributed by atoms with Crippen LogP contribution in [0.3, 0.4) is 0 Å². The third kappa shape index (κ3) is 5.57. The molecule has 2 aromatic carbocycles. The van der Waals surface area contributed by atoms with E-state index in [0.717, 1.165) is 16.4 Å². The number of halogens is 4. The summed E-state index contributed by atoms with van der Waals surface area (Å²) < 4.78 is 40.7. The fourth-order valence-electron chi connectivity index (χ4n) is 2.04. The van der Waals surface area contributed by atoms with E-state index in [1.807, 2.05) is 12.5 Å². The molecule has 0 spiro atoms. The van der Waals surface area contributed by atoms with Gasteiger partial charge >= 0.3 is 170 Å². The molecule has 0 saturated carbocycles. The molecule has 0 atom stereocenters. The van der Waals surface area contributed by atoms with Gasteiger partial charge in [-0.25, -0.2) is 0 Å². The molecule has 0 bridgehead atoms. The van der Waals surface area contributed by atoms with Crippen molar-refractivity contribution in [2.45, 2.75) is 6.18 Å². The summed E-state index contributed by atoms with van der Waals surface area (Å²) >= 11 is 8.16. The van der Waals surface area contributed by atoms with Gasteiger partial charge in [-0.05, 0) is 0 Å². The van der Waals surface area contributed by atoms with Crippen LogP contribution >= 0.6 is 35.1 Å². The second-order valence-electron chi connectivity index (χ2n) is 4.99. The van der Waals surface area contributed by atoms with Crippen molar-refractivity contribution in [2.75, 3.05) is 12.5 Å². The van der Waals surface area contributed by atoms with Crippen LogP contribution in [-0.4, -0.2) is 33.3 Å². The first kappa shape index (κ1) is 21.4. The quantitative estimate of drug-likeness (QED) is 0.309. The Morgan fingerprint density at radius 2 is 1.65 bits per heavy atom. The molecule has 0 aliphatic rings. The van der Waals surface area contributed by atoms with Crippen molar-refractivity contribution in [3.05, 3.63) is 73.4 Å². The Kier molecular flexibility index (Phi) is 7.74. The summed E-state index contributed by atoms with van der Waals surface area (Å²) in [6.07, 6.45) is -0.704. The van der Waals surface area contributed by atoms with Crippen LogP contribution in [0.5, 0.6) is 0 Å². The predicted molar refractivity (Wildman–Crippen MR) is 107 cm³/mol. The molecular weight excluding hydrogens is 468 g/mol. The van der Waals surface area contributed by atoms with Crippen molar-refractivity contribution >= 4 is 60.3 Å². The predicted octanol–water partition coefficient (Wildman–Crippen LogP) is 5.47. The van der Waals surface area contributed by atoms with E-state index in [1.165, 1.54) is 29.6 Å². The summed E-state index contributed by atoms with van der Waals surface area (Å²) in [6.45, 7) is 0. The molecule has 0 saturated heterocycles. The molecule has 0 aliphatic heterocycles. The zero-order valence-corrected chi connectivity index (χ0v) is 17.9. The van der Waals surface area contributed by atoms with Crippen molar-refractivity contribution in [2.24, 2.45) is 0 Å². The van der Waals surface area contributed by atoms with Gasteiger partial charge in [0.05, 0.1) is 0 Å². The Morgan fingerprint density at radius 3 is 2.19 bits per heavy atom. The van der Waals surface area contributed by atoms with Crippen LogP contribution in [0.2, 0.25) is 5.02 Å². The first-order chi connectivity index (χ1) is 12.3. The van der Waals surface area contributed by atoms with Crippen molar-refractivity contribution in [3.63, 3.8) is 0 Å². The van der Waals surface area contributed by atoms with Gasteiger partial charge in [-0.2, -0.15) is 0 Å². The molecule has 26 heavy (non-hydrogen) atoms. The van der Waals surface area contributed by atoms with Gasteiger partial charge < -0.3 is 0 Å². The first-order valence-corrected chi connectivity index (χ1v) is 11.8. The van der Waals surface area contributed by atoms with Crippen molar-refractivity contribution in [3.8, 4) is 0 Å². The summed E-state index contributed by atoms with van der Waals surface area (Å²) in [7, 11) is 0. The van der Waals surface area contributed by atoms with Crippen LogP contribution in [0.1, 0.15) is 15.9 Å². The SMILES string of the molecule is CSC(SC)=C([Se]c1cccc(C(F)(F)F)c1)C(=O)c1ccc(Cl)cc1. The van der Waals surface area contributed by atoms with Gasteiger partial charge in [0.25, 0.3) is 0 Å². The molecule has 0 amide bonds. The Bertz CT molecular complexity index is 814. The number of hydrogen-bond acceptors (Lipinski definition) is 3. The van der Waals surface area contributed by atoms with E-state index in [9.17, 15) is 18.0 Å². The fraction of sp³-hybridized carbons (Fsp3) is 0.167. The third-order valence-corrected chi connectivity index (χ3v) is 8.51. The average Bonchev–Trinajstić information content (AvgIpc) is 2.61. The molecule has 0 aromatic heterocycles. The van der Waals surface area contributed by atoms with Gasteiger partial charge in [0.1, 0.15) is 0 Å². The van der Waals surface area contributed by atoms with E-state index in [1.54, 1.807) is 30.3 Å². The Labute approximate surface area is 169 Å². The molecule has 0 heterocycles. The molecule has 8 heteroatoms. The van der Waals surface area contributed by atoms with Crippen LogP contribution in [-0.2, 0) is 6.18 Å². The number of carbonyl (C=O) groups is 1. The molecule has 0 radical (unpaired) electrons. The molecule has 1 nitrogen and oxygen atoms in total. The Hall–Kier alpha value is -0.851. The number of carbonyl (C=O) groups excluding carboxylic acids is 1. The Morgan fingerprint density at radius 1 is 1.04 bits per heavy atom. The van der Waals surface area contributed by atoms with Crippen LogP contribution in [0.4, 0.5) is 13.2 Å². The van der Waals surface area contributed by atoms with E-state index in [0.29, 0.717) is 19.5 Å². The second kappa shape index (κ2) is 9.38. The number of benzene rings is 2. The summed E-state index contributed by atoms with van der Waals surface area (Å²) in [5, 5.41) is 0.519. The zero-order chi connectivity index (χ0) is 19.3. The number of Topliss-reactive ketones (excluding diaryl/α,β-unsaturated/α-hetero) is 1. The van der Waals surface area contributed by atoms with Gasteiger partial charge in [-0.15, -0.1) is 0 Å².